The first-order chi connectivity index (χ1) is 9.65. The minimum atomic E-state index is -0.0968. The van der Waals surface area contributed by atoms with Gasteiger partial charge >= 0.3 is 0 Å². The third-order valence-electron chi connectivity index (χ3n) is 3.43. The van der Waals surface area contributed by atoms with Gasteiger partial charge in [-0.1, -0.05) is 29.8 Å². The van der Waals surface area contributed by atoms with Crippen LogP contribution >= 0.6 is 0 Å². The molecule has 1 N–H and O–H groups in total. The predicted molar refractivity (Wildman–Crippen MR) is 77.5 cm³/mol. The Labute approximate surface area is 117 Å². The fourth-order valence-electron chi connectivity index (χ4n) is 2.36. The molecule has 0 saturated heterocycles. The van der Waals surface area contributed by atoms with E-state index in [1.54, 1.807) is 12.3 Å². The fourth-order valence-corrected chi connectivity index (χ4v) is 2.36. The number of hydrogen-bond acceptors (Lipinski definition) is 2. The summed E-state index contributed by atoms with van der Waals surface area (Å²) in [6.45, 7) is 2.56. The number of furan rings is 1. The van der Waals surface area contributed by atoms with E-state index in [0.717, 1.165) is 16.7 Å². The highest BCUT2D eigenvalue weighted by Crippen LogP contribution is 2.19. The first kappa shape index (κ1) is 12.5. The highest BCUT2D eigenvalue weighted by atomic mass is 16.3. The maximum absolute atomic E-state index is 12.2. The molecule has 0 aliphatic rings. The van der Waals surface area contributed by atoms with Crippen molar-refractivity contribution in [3.05, 3.63) is 59.5 Å². The van der Waals surface area contributed by atoms with E-state index < -0.39 is 0 Å². The van der Waals surface area contributed by atoms with Gasteiger partial charge in [-0.3, -0.25) is 4.79 Å². The van der Waals surface area contributed by atoms with E-state index in [0.29, 0.717) is 12.2 Å². The number of fused-ring (bicyclic) bond motifs is 1. The SMILES string of the molecule is Cc1cccc(CNC(=O)c2cc3occc3n2C)c1. The number of carbonyl (C=O) groups is 1. The number of hydrogen-bond donors (Lipinski definition) is 1. The van der Waals surface area contributed by atoms with Crippen LogP contribution in [0.25, 0.3) is 11.1 Å². The molecule has 2 aromatic heterocycles. The molecule has 0 aliphatic carbocycles. The normalized spacial score (nSPS) is 10.9. The van der Waals surface area contributed by atoms with Crippen molar-refractivity contribution in [3.8, 4) is 0 Å². The summed E-state index contributed by atoms with van der Waals surface area (Å²) in [5.74, 6) is -0.0968. The lowest BCUT2D eigenvalue weighted by atomic mass is 10.1. The lowest BCUT2D eigenvalue weighted by Gasteiger charge is -2.07. The molecule has 0 spiro atoms. The maximum Gasteiger partial charge on any atom is 0.268 e. The lowest BCUT2D eigenvalue weighted by Crippen LogP contribution is -2.24. The average molecular weight is 268 g/mol. The van der Waals surface area contributed by atoms with Crippen molar-refractivity contribution in [1.82, 2.24) is 9.88 Å². The molecule has 0 atom stereocenters. The van der Waals surface area contributed by atoms with Crippen molar-refractivity contribution in [1.29, 1.82) is 0 Å². The average Bonchev–Trinajstić information content (AvgIpc) is 3.00. The Balaban J connectivity index is 1.76. The molecule has 1 aromatic carbocycles. The Morgan fingerprint density at radius 1 is 1.30 bits per heavy atom. The van der Waals surface area contributed by atoms with Gasteiger partial charge in [-0.25, -0.2) is 0 Å². The van der Waals surface area contributed by atoms with Gasteiger partial charge in [0.1, 0.15) is 5.69 Å². The minimum Gasteiger partial charge on any atom is -0.463 e. The zero-order valence-electron chi connectivity index (χ0n) is 11.5. The first-order valence-electron chi connectivity index (χ1n) is 6.52. The second-order valence-corrected chi connectivity index (χ2v) is 4.93. The van der Waals surface area contributed by atoms with Crippen LogP contribution < -0.4 is 5.32 Å². The third kappa shape index (κ3) is 2.20. The highest BCUT2D eigenvalue weighted by Gasteiger charge is 2.14. The molecular formula is C16H16N2O2. The van der Waals surface area contributed by atoms with Crippen molar-refractivity contribution >= 4 is 17.0 Å². The van der Waals surface area contributed by atoms with Crippen molar-refractivity contribution < 1.29 is 9.21 Å². The summed E-state index contributed by atoms with van der Waals surface area (Å²) in [5, 5.41) is 2.93. The number of rotatable bonds is 3. The van der Waals surface area contributed by atoms with Crippen LogP contribution in [0, 0.1) is 6.92 Å². The molecule has 1 amide bonds. The van der Waals surface area contributed by atoms with Gasteiger partial charge in [0.15, 0.2) is 5.58 Å². The smallest absolute Gasteiger partial charge is 0.268 e. The molecule has 0 radical (unpaired) electrons. The Morgan fingerprint density at radius 2 is 2.15 bits per heavy atom. The number of carbonyl (C=O) groups excluding carboxylic acids is 1. The van der Waals surface area contributed by atoms with Gasteiger partial charge in [-0.2, -0.15) is 0 Å². The molecular weight excluding hydrogens is 252 g/mol. The van der Waals surface area contributed by atoms with Gasteiger partial charge in [0.05, 0.1) is 11.8 Å². The first-order valence-corrected chi connectivity index (χ1v) is 6.52. The second kappa shape index (κ2) is 4.89. The number of aromatic nitrogens is 1. The molecule has 102 valence electrons. The maximum atomic E-state index is 12.2. The summed E-state index contributed by atoms with van der Waals surface area (Å²) in [6, 6.07) is 11.7. The fraction of sp³-hybridized carbons (Fsp3) is 0.188. The molecule has 20 heavy (non-hydrogen) atoms. The van der Waals surface area contributed by atoms with Crippen LogP contribution in [-0.4, -0.2) is 10.5 Å². The summed E-state index contributed by atoms with van der Waals surface area (Å²) >= 11 is 0. The van der Waals surface area contributed by atoms with Gasteiger partial charge in [0, 0.05) is 25.7 Å². The molecule has 0 aliphatic heterocycles. The zero-order chi connectivity index (χ0) is 14.1. The van der Waals surface area contributed by atoms with Crippen molar-refractivity contribution in [3.63, 3.8) is 0 Å². The standard InChI is InChI=1S/C16H16N2O2/c1-11-4-3-5-12(8-11)10-17-16(19)14-9-15-13(18(14)2)6-7-20-15/h3-9H,10H2,1-2H3,(H,17,19). The number of benzene rings is 1. The summed E-state index contributed by atoms with van der Waals surface area (Å²) in [7, 11) is 1.86. The van der Waals surface area contributed by atoms with Crippen LogP contribution in [0.2, 0.25) is 0 Å². The molecule has 2 heterocycles. The summed E-state index contributed by atoms with van der Waals surface area (Å²) in [6.07, 6.45) is 1.62. The van der Waals surface area contributed by atoms with Crippen molar-refractivity contribution in [2.24, 2.45) is 7.05 Å². The second-order valence-electron chi connectivity index (χ2n) is 4.93. The quantitative estimate of drug-likeness (QED) is 0.793. The minimum absolute atomic E-state index is 0.0968. The molecule has 0 unspecified atom stereocenters. The van der Waals surface area contributed by atoms with Crippen molar-refractivity contribution in [2.45, 2.75) is 13.5 Å². The van der Waals surface area contributed by atoms with Crippen LogP contribution in [0.4, 0.5) is 0 Å². The topological polar surface area (TPSA) is 47.2 Å². The van der Waals surface area contributed by atoms with E-state index in [9.17, 15) is 4.79 Å². The van der Waals surface area contributed by atoms with E-state index in [2.05, 4.69) is 11.4 Å². The molecule has 4 nitrogen and oxygen atoms in total. The number of amides is 1. The van der Waals surface area contributed by atoms with E-state index in [1.807, 2.05) is 42.8 Å². The molecule has 0 saturated carbocycles. The monoisotopic (exact) mass is 268 g/mol. The van der Waals surface area contributed by atoms with Crippen LogP contribution in [0.1, 0.15) is 21.6 Å². The molecule has 0 bridgehead atoms. The Hall–Kier alpha value is -2.49. The molecule has 4 heteroatoms. The highest BCUT2D eigenvalue weighted by molar-refractivity contribution is 5.97. The summed E-state index contributed by atoms with van der Waals surface area (Å²) in [4.78, 5) is 12.2. The van der Waals surface area contributed by atoms with Crippen molar-refractivity contribution in [2.75, 3.05) is 0 Å². The van der Waals surface area contributed by atoms with Gasteiger partial charge in [0.25, 0.3) is 5.91 Å². The number of nitrogens with one attached hydrogen (secondary N) is 1. The van der Waals surface area contributed by atoms with E-state index >= 15 is 0 Å². The van der Waals surface area contributed by atoms with Crippen LogP contribution in [0.3, 0.4) is 0 Å². The Kier molecular flexibility index (Phi) is 3.06. The lowest BCUT2D eigenvalue weighted by molar-refractivity contribution is 0.0943. The van der Waals surface area contributed by atoms with Crippen LogP contribution in [0.15, 0.2) is 47.1 Å². The van der Waals surface area contributed by atoms with Crippen LogP contribution in [0.5, 0.6) is 0 Å². The molecule has 3 rings (SSSR count). The zero-order valence-corrected chi connectivity index (χ0v) is 11.5. The van der Waals surface area contributed by atoms with Gasteiger partial charge < -0.3 is 14.3 Å². The molecule has 3 aromatic rings. The summed E-state index contributed by atoms with van der Waals surface area (Å²) < 4.78 is 7.14. The van der Waals surface area contributed by atoms with Gasteiger partial charge in [-0.15, -0.1) is 0 Å². The van der Waals surface area contributed by atoms with E-state index in [1.165, 1.54) is 5.56 Å². The number of aryl methyl sites for hydroxylation is 2. The third-order valence-corrected chi connectivity index (χ3v) is 3.43. The number of nitrogens with zero attached hydrogens (tertiary/aromatic N) is 1. The van der Waals surface area contributed by atoms with E-state index in [-0.39, 0.29) is 5.91 Å². The predicted octanol–water partition coefficient (Wildman–Crippen LogP) is 3.01. The van der Waals surface area contributed by atoms with Crippen LogP contribution in [-0.2, 0) is 13.6 Å². The largest absolute Gasteiger partial charge is 0.463 e. The van der Waals surface area contributed by atoms with E-state index in [4.69, 9.17) is 4.42 Å². The van der Waals surface area contributed by atoms with Gasteiger partial charge in [0.2, 0.25) is 0 Å². The molecule has 0 fully saturated rings. The van der Waals surface area contributed by atoms with Gasteiger partial charge in [-0.05, 0) is 12.5 Å². The Bertz CT molecular complexity index is 768. The summed E-state index contributed by atoms with van der Waals surface area (Å²) in [5.41, 5.74) is 4.54. The Morgan fingerprint density at radius 3 is 2.90 bits per heavy atom.